The van der Waals surface area contributed by atoms with Gasteiger partial charge in [-0.05, 0) is 32.0 Å². The summed E-state index contributed by atoms with van der Waals surface area (Å²) in [7, 11) is 0. The number of aryl methyl sites for hydroxylation is 2. The van der Waals surface area contributed by atoms with Crippen molar-refractivity contribution in [3.63, 3.8) is 0 Å². The molecule has 0 unspecified atom stereocenters. The van der Waals surface area contributed by atoms with E-state index in [-0.39, 0.29) is 5.91 Å². The minimum Gasteiger partial charge on any atom is -0.461 e. The first-order valence-corrected chi connectivity index (χ1v) is 8.91. The van der Waals surface area contributed by atoms with Crippen molar-refractivity contribution >= 4 is 5.91 Å². The molecular formula is C20H22N4O2. The van der Waals surface area contributed by atoms with Crippen molar-refractivity contribution < 1.29 is 9.21 Å². The van der Waals surface area contributed by atoms with Crippen LogP contribution in [0.2, 0.25) is 0 Å². The molecule has 6 nitrogen and oxygen atoms in total. The van der Waals surface area contributed by atoms with Gasteiger partial charge in [0.05, 0.1) is 23.5 Å². The average molecular weight is 350 g/mol. The number of rotatable bonds is 4. The van der Waals surface area contributed by atoms with Gasteiger partial charge in [-0.3, -0.25) is 9.48 Å². The number of hydrogen-bond donors (Lipinski definition) is 2. The first kappa shape index (κ1) is 16.6. The number of furan rings is 1. The highest BCUT2D eigenvalue weighted by Crippen LogP contribution is 2.27. The lowest BCUT2D eigenvalue weighted by Crippen LogP contribution is -2.23. The van der Waals surface area contributed by atoms with E-state index in [4.69, 9.17) is 4.42 Å². The first-order chi connectivity index (χ1) is 12.7. The van der Waals surface area contributed by atoms with Crippen molar-refractivity contribution in [3.8, 4) is 11.3 Å². The van der Waals surface area contributed by atoms with Gasteiger partial charge in [0.25, 0.3) is 5.91 Å². The summed E-state index contributed by atoms with van der Waals surface area (Å²) in [5.41, 5.74) is 3.48. The third-order valence-electron chi connectivity index (χ3n) is 4.51. The van der Waals surface area contributed by atoms with Crippen LogP contribution in [0.4, 0.5) is 0 Å². The zero-order chi connectivity index (χ0) is 17.9. The van der Waals surface area contributed by atoms with Crippen LogP contribution in [0.15, 0.2) is 46.9 Å². The molecule has 0 saturated heterocycles. The van der Waals surface area contributed by atoms with E-state index >= 15 is 0 Å². The number of benzene rings is 1. The van der Waals surface area contributed by atoms with Gasteiger partial charge in [0.2, 0.25) is 0 Å². The van der Waals surface area contributed by atoms with Crippen molar-refractivity contribution in [3.05, 3.63) is 65.2 Å². The van der Waals surface area contributed by atoms with E-state index in [1.165, 1.54) is 0 Å². The Bertz CT molecular complexity index is 888. The highest BCUT2D eigenvalue weighted by atomic mass is 16.3. The van der Waals surface area contributed by atoms with Crippen molar-refractivity contribution in [2.45, 2.75) is 33.0 Å². The third kappa shape index (κ3) is 3.41. The predicted octanol–water partition coefficient (Wildman–Crippen LogP) is 2.87. The van der Waals surface area contributed by atoms with Crippen molar-refractivity contribution in [2.24, 2.45) is 0 Å². The second-order valence-electron chi connectivity index (χ2n) is 6.53. The lowest BCUT2D eigenvalue weighted by atomic mass is 10.1. The van der Waals surface area contributed by atoms with Gasteiger partial charge >= 0.3 is 0 Å². The smallest absolute Gasteiger partial charge is 0.255 e. The molecule has 0 aliphatic carbocycles. The number of carbonyl (C=O) groups is 1. The van der Waals surface area contributed by atoms with Crippen LogP contribution < -0.4 is 10.6 Å². The highest BCUT2D eigenvalue weighted by Gasteiger charge is 2.18. The Hall–Kier alpha value is -2.86. The van der Waals surface area contributed by atoms with Crippen LogP contribution in [0.25, 0.3) is 11.3 Å². The monoisotopic (exact) mass is 350 g/mol. The molecule has 0 atom stereocenters. The standard InChI is InChI=1S/C20H22N4O2/c1-14-10-18(19(26-14)15-6-3-2-4-7-15)20(25)22-12-16-11-17-13-21-8-5-9-24(17)23-16/h2-4,6-7,10-11,21H,5,8-9,12-13H2,1H3,(H,22,25). The maximum Gasteiger partial charge on any atom is 0.255 e. The quantitative estimate of drug-likeness (QED) is 0.759. The lowest BCUT2D eigenvalue weighted by Gasteiger charge is -2.04. The largest absolute Gasteiger partial charge is 0.461 e. The molecule has 1 aliphatic rings. The molecule has 1 aromatic carbocycles. The number of nitrogens with one attached hydrogen (secondary N) is 2. The molecule has 1 amide bonds. The Morgan fingerprint density at radius 3 is 3.00 bits per heavy atom. The van der Waals surface area contributed by atoms with Crippen LogP contribution in [0.1, 0.15) is 33.9 Å². The third-order valence-corrected chi connectivity index (χ3v) is 4.51. The van der Waals surface area contributed by atoms with Gasteiger partial charge in [0.1, 0.15) is 11.5 Å². The number of carbonyl (C=O) groups excluding carboxylic acids is 1. The fraction of sp³-hybridized carbons (Fsp3) is 0.300. The van der Waals surface area contributed by atoms with E-state index in [1.54, 1.807) is 6.07 Å². The van der Waals surface area contributed by atoms with Gasteiger partial charge in [-0.15, -0.1) is 0 Å². The Balaban J connectivity index is 1.49. The zero-order valence-corrected chi connectivity index (χ0v) is 14.8. The summed E-state index contributed by atoms with van der Waals surface area (Å²) in [4.78, 5) is 12.7. The topological polar surface area (TPSA) is 72.1 Å². The number of fused-ring (bicyclic) bond motifs is 1. The molecule has 0 fully saturated rings. The Kier molecular flexibility index (Phi) is 4.58. The summed E-state index contributed by atoms with van der Waals surface area (Å²) in [6, 6.07) is 13.5. The fourth-order valence-electron chi connectivity index (χ4n) is 3.26. The van der Waals surface area contributed by atoms with Crippen LogP contribution in [0.5, 0.6) is 0 Å². The van der Waals surface area contributed by atoms with Crippen LogP contribution in [-0.2, 0) is 19.6 Å². The molecule has 4 rings (SSSR count). The van der Waals surface area contributed by atoms with Gasteiger partial charge in [0, 0.05) is 18.7 Å². The van der Waals surface area contributed by atoms with Crippen LogP contribution in [-0.4, -0.2) is 22.2 Å². The summed E-state index contributed by atoms with van der Waals surface area (Å²) in [6.07, 6.45) is 1.06. The number of hydrogen-bond acceptors (Lipinski definition) is 4. The fourth-order valence-corrected chi connectivity index (χ4v) is 3.26. The molecule has 26 heavy (non-hydrogen) atoms. The average Bonchev–Trinajstić information content (AvgIpc) is 3.17. The minimum atomic E-state index is -0.151. The molecule has 3 heterocycles. The molecule has 3 aromatic rings. The van der Waals surface area contributed by atoms with Crippen LogP contribution in [0.3, 0.4) is 0 Å². The molecule has 0 spiro atoms. The molecule has 134 valence electrons. The van der Waals surface area contributed by atoms with E-state index < -0.39 is 0 Å². The van der Waals surface area contributed by atoms with Crippen molar-refractivity contribution in [1.29, 1.82) is 0 Å². The number of aromatic nitrogens is 2. The maximum absolute atomic E-state index is 12.7. The summed E-state index contributed by atoms with van der Waals surface area (Å²) < 4.78 is 7.79. The molecular weight excluding hydrogens is 328 g/mol. The number of nitrogens with zero attached hydrogens (tertiary/aromatic N) is 2. The van der Waals surface area contributed by atoms with Crippen LogP contribution >= 0.6 is 0 Å². The first-order valence-electron chi connectivity index (χ1n) is 8.91. The molecule has 0 saturated carbocycles. The van der Waals surface area contributed by atoms with E-state index in [0.717, 1.165) is 43.0 Å². The van der Waals surface area contributed by atoms with Crippen LogP contribution in [0, 0.1) is 6.92 Å². The van der Waals surface area contributed by atoms with E-state index in [9.17, 15) is 4.79 Å². The Morgan fingerprint density at radius 1 is 1.31 bits per heavy atom. The zero-order valence-electron chi connectivity index (χ0n) is 14.8. The van der Waals surface area contributed by atoms with Gasteiger partial charge in [-0.2, -0.15) is 5.10 Å². The Labute approximate surface area is 152 Å². The SMILES string of the molecule is Cc1cc(C(=O)NCc2cc3n(n2)CCCNC3)c(-c2ccccc2)o1. The van der Waals surface area contributed by atoms with Gasteiger partial charge < -0.3 is 15.1 Å². The summed E-state index contributed by atoms with van der Waals surface area (Å²) in [5, 5.41) is 10.9. The van der Waals surface area contributed by atoms with E-state index in [0.29, 0.717) is 23.6 Å². The maximum atomic E-state index is 12.7. The lowest BCUT2D eigenvalue weighted by molar-refractivity contribution is 0.0950. The highest BCUT2D eigenvalue weighted by molar-refractivity contribution is 5.99. The Morgan fingerprint density at radius 2 is 2.15 bits per heavy atom. The minimum absolute atomic E-state index is 0.151. The summed E-state index contributed by atoms with van der Waals surface area (Å²) >= 11 is 0. The second-order valence-corrected chi connectivity index (χ2v) is 6.53. The molecule has 2 N–H and O–H groups in total. The molecule has 2 aromatic heterocycles. The second kappa shape index (κ2) is 7.17. The molecule has 0 bridgehead atoms. The molecule has 6 heteroatoms. The van der Waals surface area contributed by atoms with Crippen molar-refractivity contribution in [2.75, 3.05) is 6.54 Å². The normalized spacial score (nSPS) is 13.9. The van der Waals surface area contributed by atoms with Crippen molar-refractivity contribution in [1.82, 2.24) is 20.4 Å². The van der Waals surface area contributed by atoms with E-state index in [2.05, 4.69) is 21.8 Å². The number of amides is 1. The summed E-state index contributed by atoms with van der Waals surface area (Å²) in [6.45, 7) is 4.99. The van der Waals surface area contributed by atoms with E-state index in [1.807, 2.05) is 41.9 Å². The molecule has 1 aliphatic heterocycles. The van der Waals surface area contributed by atoms with Gasteiger partial charge in [0.15, 0.2) is 0 Å². The summed E-state index contributed by atoms with van der Waals surface area (Å²) in [5.74, 6) is 1.17. The molecule has 0 radical (unpaired) electrons. The van der Waals surface area contributed by atoms with Gasteiger partial charge in [-0.1, -0.05) is 30.3 Å². The van der Waals surface area contributed by atoms with Gasteiger partial charge in [-0.25, -0.2) is 0 Å². The predicted molar refractivity (Wildman–Crippen MR) is 98.6 cm³/mol.